The van der Waals surface area contributed by atoms with E-state index in [0.29, 0.717) is 12.5 Å². The van der Waals surface area contributed by atoms with Gasteiger partial charge in [0, 0.05) is 19.8 Å². The molecule has 0 saturated carbocycles. The van der Waals surface area contributed by atoms with Crippen LogP contribution in [0.4, 0.5) is 4.39 Å². The molecule has 0 fully saturated rings. The van der Waals surface area contributed by atoms with Crippen molar-refractivity contribution in [2.45, 2.75) is 26.3 Å². The summed E-state index contributed by atoms with van der Waals surface area (Å²) in [6.07, 6.45) is 0.904. The van der Waals surface area contributed by atoms with E-state index in [-0.39, 0.29) is 16.9 Å². The molecule has 4 heteroatoms. The highest BCUT2D eigenvalue weighted by molar-refractivity contribution is 6.31. The Morgan fingerprint density at radius 1 is 1.44 bits per heavy atom. The monoisotopic (exact) mass is 273 g/mol. The number of hydrogen-bond acceptors (Lipinski definition) is 2. The number of hydrogen-bond donors (Lipinski definition) is 1. The van der Waals surface area contributed by atoms with Crippen molar-refractivity contribution in [1.82, 2.24) is 5.32 Å². The van der Waals surface area contributed by atoms with E-state index in [0.717, 1.165) is 18.5 Å². The molecule has 0 spiro atoms. The lowest BCUT2D eigenvalue weighted by molar-refractivity contribution is 0.170. The molecule has 1 aromatic rings. The van der Waals surface area contributed by atoms with Crippen molar-refractivity contribution in [3.63, 3.8) is 0 Å². The smallest absolute Gasteiger partial charge is 0.142 e. The zero-order valence-electron chi connectivity index (χ0n) is 11.2. The summed E-state index contributed by atoms with van der Waals surface area (Å²) < 4.78 is 18.6. The summed E-state index contributed by atoms with van der Waals surface area (Å²) in [5.74, 6) is -0.0415. The predicted molar refractivity (Wildman–Crippen MR) is 73.5 cm³/mol. The molecule has 2 atom stereocenters. The van der Waals surface area contributed by atoms with E-state index in [1.807, 2.05) is 13.0 Å². The van der Waals surface area contributed by atoms with Gasteiger partial charge in [0.1, 0.15) is 5.82 Å². The van der Waals surface area contributed by atoms with Gasteiger partial charge in [-0.15, -0.1) is 0 Å². The molecule has 0 aliphatic heterocycles. The lowest BCUT2D eigenvalue weighted by Crippen LogP contribution is -2.28. The van der Waals surface area contributed by atoms with E-state index in [1.54, 1.807) is 13.2 Å². The summed E-state index contributed by atoms with van der Waals surface area (Å²) in [7, 11) is 1.68. The minimum Gasteiger partial charge on any atom is -0.385 e. The van der Waals surface area contributed by atoms with Crippen molar-refractivity contribution in [3.8, 4) is 0 Å². The maximum absolute atomic E-state index is 13.5. The fourth-order valence-electron chi connectivity index (χ4n) is 2.07. The van der Waals surface area contributed by atoms with Gasteiger partial charge in [-0.1, -0.05) is 37.6 Å². The highest BCUT2D eigenvalue weighted by Gasteiger charge is 2.21. The van der Waals surface area contributed by atoms with Crippen LogP contribution in [0.1, 0.15) is 31.9 Å². The molecule has 2 unspecified atom stereocenters. The molecule has 1 N–H and O–H groups in total. The Morgan fingerprint density at radius 3 is 2.78 bits per heavy atom. The summed E-state index contributed by atoms with van der Waals surface area (Å²) >= 11 is 6.06. The van der Waals surface area contributed by atoms with Crippen LogP contribution in [-0.4, -0.2) is 20.3 Å². The Morgan fingerprint density at radius 2 is 2.17 bits per heavy atom. The average Bonchev–Trinajstić information content (AvgIpc) is 2.37. The first-order chi connectivity index (χ1) is 8.61. The molecule has 0 bridgehead atoms. The zero-order chi connectivity index (χ0) is 13.5. The summed E-state index contributed by atoms with van der Waals surface area (Å²) in [6, 6.07) is 5.01. The second kappa shape index (κ2) is 7.72. The van der Waals surface area contributed by atoms with Crippen LogP contribution in [0.15, 0.2) is 18.2 Å². The normalized spacial score (nSPS) is 14.5. The molecule has 18 heavy (non-hydrogen) atoms. The molecule has 0 heterocycles. The Hall–Kier alpha value is -0.640. The third-order valence-electron chi connectivity index (χ3n) is 3.09. The van der Waals surface area contributed by atoms with Crippen LogP contribution in [0.3, 0.4) is 0 Å². The molecule has 1 aromatic carbocycles. The number of benzene rings is 1. The summed E-state index contributed by atoms with van der Waals surface area (Å²) in [6.45, 7) is 5.65. The molecule has 0 aliphatic rings. The first kappa shape index (κ1) is 15.4. The van der Waals surface area contributed by atoms with Crippen LogP contribution in [0.25, 0.3) is 0 Å². The molecule has 0 aliphatic carbocycles. The highest BCUT2D eigenvalue weighted by Crippen LogP contribution is 2.31. The second-order valence-electron chi connectivity index (χ2n) is 4.44. The summed E-state index contributed by atoms with van der Waals surface area (Å²) in [5.41, 5.74) is 0.821. The van der Waals surface area contributed by atoms with Crippen molar-refractivity contribution >= 4 is 11.6 Å². The van der Waals surface area contributed by atoms with Gasteiger partial charge in [-0.3, -0.25) is 0 Å². The molecule has 1 rings (SSSR count). The highest BCUT2D eigenvalue weighted by atomic mass is 35.5. The van der Waals surface area contributed by atoms with E-state index in [2.05, 4.69) is 12.2 Å². The van der Waals surface area contributed by atoms with Crippen molar-refractivity contribution in [1.29, 1.82) is 0 Å². The largest absolute Gasteiger partial charge is 0.385 e. The van der Waals surface area contributed by atoms with Crippen LogP contribution < -0.4 is 5.32 Å². The van der Waals surface area contributed by atoms with Crippen LogP contribution in [0.5, 0.6) is 0 Å². The fourth-order valence-corrected chi connectivity index (χ4v) is 2.31. The van der Waals surface area contributed by atoms with Crippen molar-refractivity contribution < 1.29 is 9.13 Å². The molecular weight excluding hydrogens is 253 g/mol. The Balaban J connectivity index is 2.92. The van der Waals surface area contributed by atoms with E-state index < -0.39 is 0 Å². The Kier molecular flexibility index (Phi) is 6.61. The number of rotatable bonds is 7. The average molecular weight is 274 g/mol. The van der Waals surface area contributed by atoms with Gasteiger partial charge in [-0.2, -0.15) is 0 Å². The van der Waals surface area contributed by atoms with Crippen LogP contribution in [0.2, 0.25) is 5.02 Å². The molecule has 102 valence electrons. The zero-order valence-corrected chi connectivity index (χ0v) is 11.9. The lowest BCUT2D eigenvalue weighted by atomic mass is 9.92. The molecular formula is C14H21ClFNO. The summed E-state index contributed by atoms with van der Waals surface area (Å²) in [4.78, 5) is 0. The molecule has 0 saturated heterocycles. The van der Waals surface area contributed by atoms with Gasteiger partial charge in [0.25, 0.3) is 0 Å². The minimum absolute atomic E-state index is 0.0494. The van der Waals surface area contributed by atoms with Crippen molar-refractivity contribution in [2.24, 2.45) is 5.92 Å². The van der Waals surface area contributed by atoms with Crippen molar-refractivity contribution in [2.75, 3.05) is 20.3 Å². The fraction of sp³-hybridized carbons (Fsp3) is 0.571. The molecule has 0 amide bonds. The van der Waals surface area contributed by atoms with Crippen molar-refractivity contribution in [3.05, 3.63) is 34.6 Å². The summed E-state index contributed by atoms with van der Waals surface area (Å²) in [5, 5.41) is 3.58. The third-order valence-corrected chi connectivity index (χ3v) is 3.49. The predicted octanol–water partition coefficient (Wildman–Crippen LogP) is 3.80. The van der Waals surface area contributed by atoms with E-state index >= 15 is 0 Å². The van der Waals surface area contributed by atoms with E-state index in [9.17, 15) is 4.39 Å². The molecule has 0 aromatic heterocycles. The second-order valence-corrected chi connectivity index (χ2v) is 4.82. The van der Waals surface area contributed by atoms with Gasteiger partial charge in [-0.05, 0) is 30.5 Å². The van der Waals surface area contributed by atoms with Gasteiger partial charge in [0.15, 0.2) is 0 Å². The topological polar surface area (TPSA) is 21.3 Å². The van der Waals surface area contributed by atoms with E-state index in [4.69, 9.17) is 16.3 Å². The number of halogens is 2. The maximum atomic E-state index is 13.5. The Labute approximate surface area is 113 Å². The minimum atomic E-state index is -0.365. The van der Waals surface area contributed by atoms with Crippen LogP contribution >= 0.6 is 11.6 Å². The molecule has 0 radical (unpaired) electrons. The van der Waals surface area contributed by atoms with Gasteiger partial charge >= 0.3 is 0 Å². The van der Waals surface area contributed by atoms with Crippen LogP contribution in [-0.2, 0) is 4.74 Å². The van der Waals surface area contributed by atoms with Crippen LogP contribution in [0, 0.1) is 11.7 Å². The molecule has 2 nitrogen and oxygen atoms in total. The van der Waals surface area contributed by atoms with E-state index in [1.165, 1.54) is 6.07 Å². The lowest BCUT2D eigenvalue weighted by Gasteiger charge is -2.26. The van der Waals surface area contributed by atoms with Gasteiger partial charge in [0.05, 0.1) is 5.02 Å². The van der Waals surface area contributed by atoms with Gasteiger partial charge in [-0.25, -0.2) is 4.39 Å². The quantitative estimate of drug-likeness (QED) is 0.816. The SMILES string of the molecule is CCNC(c1cccc(F)c1Cl)C(C)CCOC. The van der Waals surface area contributed by atoms with Gasteiger partial charge < -0.3 is 10.1 Å². The number of methoxy groups -OCH3 is 1. The standard InChI is InChI=1S/C14H21ClFNO/c1-4-17-14(10(2)8-9-18-3)11-6-5-7-12(16)13(11)15/h5-7,10,14,17H,4,8-9H2,1-3H3. The Bertz CT molecular complexity index is 373. The number of nitrogens with one attached hydrogen (secondary N) is 1. The third kappa shape index (κ3) is 3.94. The first-order valence-electron chi connectivity index (χ1n) is 6.28. The maximum Gasteiger partial charge on any atom is 0.142 e. The number of ether oxygens (including phenoxy) is 1. The first-order valence-corrected chi connectivity index (χ1v) is 6.65. The van der Waals surface area contributed by atoms with Gasteiger partial charge in [0.2, 0.25) is 0 Å².